The molecule has 0 saturated heterocycles. The molecule has 0 amide bonds. The minimum absolute atomic E-state index is 0. The Morgan fingerprint density at radius 3 is 2.04 bits per heavy atom. The van der Waals surface area contributed by atoms with E-state index in [1.807, 2.05) is 0 Å². The van der Waals surface area contributed by atoms with Crippen LogP contribution in [-0.4, -0.2) is 0 Å². The van der Waals surface area contributed by atoms with E-state index in [4.69, 9.17) is 5.73 Å². The van der Waals surface area contributed by atoms with Crippen molar-refractivity contribution in [1.82, 2.24) is 0 Å². The fourth-order valence-electron chi connectivity index (χ4n) is 4.62. The van der Waals surface area contributed by atoms with E-state index in [9.17, 15) is 0 Å². The van der Waals surface area contributed by atoms with Gasteiger partial charge in [0, 0.05) is 6.04 Å². The normalized spacial score (nSPS) is 16.9. The highest BCUT2D eigenvalue weighted by Crippen LogP contribution is 2.41. The first-order valence-corrected chi connectivity index (χ1v) is 8.75. The molecule has 4 aromatic rings. The molecule has 1 aliphatic rings. The summed E-state index contributed by atoms with van der Waals surface area (Å²) in [5, 5.41) is 8.12. The third-order valence-corrected chi connectivity index (χ3v) is 5.83. The van der Waals surface area contributed by atoms with Crippen molar-refractivity contribution >= 4 is 44.7 Å². The maximum Gasteiger partial charge on any atom is 0.0329 e. The third-order valence-electron chi connectivity index (χ3n) is 5.83. The zero-order chi connectivity index (χ0) is 15.4. The first kappa shape index (κ1) is 15.7. The highest BCUT2D eigenvalue weighted by atomic mass is 35.5. The molecule has 1 saturated carbocycles. The van der Waals surface area contributed by atoms with Gasteiger partial charge in [-0.25, -0.2) is 0 Å². The zero-order valence-electron chi connectivity index (χ0n) is 13.7. The molecule has 0 aliphatic heterocycles. The van der Waals surface area contributed by atoms with Crippen LogP contribution in [0.15, 0.2) is 54.6 Å². The molecule has 0 bridgehead atoms. The maximum atomic E-state index is 6.70. The molecule has 1 atom stereocenters. The van der Waals surface area contributed by atoms with Crippen molar-refractivity contribution in [2.45, 2.75) is 31.7 Å². The first-order chi connectivity index (χ1) is 11.3. The molecule has 0 radical (unpaired) electrons. The monoisotopic (exact) mass is 335 g/mol. The second-order valence-electron chi connectivity index (χ2n) is 7.08. The predicted molar refractivity (Wildman–Crippen MR) is 106 cm³/mol. The molecule has 4 aromatic carbocycles. The molecule has 2 N–H and O–H groups in total. The lowest BCUT2D eigenvalue weighted by atomic mass is 9.86. The summed E-state index contributed by atoms with van der Waals surface area (Å²) in [7, 11) is 0. The summed E-state index contributed by atoms with van der Waals surface area (Å²) in [5.74, 6) is 0.647. The molecule has 0 unspecified atom stereocenters. The van der Waals surface area contributed by atoms with E-state index in [0.717, 1.165) is 0 Å². The van der Waals surface area contributed by atoms with Crippen LogP contribution in [0.1, 0.15) is 37.3 Å². The largest absolute Gasteiger partial charge is 0.324 e. The van der Waals surface area contributed by atoms with Crippen molar-refractivity contribution in [3.05, 3.63) is 60.2 Å². The summed E-state index contributed by atoms with van der Waals surface area (Å²) >= 11 is 0. The molecule has 0 heterocycles. The van der Waals surface area contributed by atoms with E-state index in [0.29, 0.717) is 5.92 Å². The van der Waals surface area contributed by atoms with Gasteiger partial charge in [-0.15, -0.1) is 12.4 Å². The van der Waals surface area contributed by atoms with Gasteiger partial charge in [0.05, 0.1) is 0 Å². The predicted octanol–water partition coefficient (Wildman–Crippen LogP) is 6.20. The van der Waals surface area contributed by atoms with Crippen LogP contribution in [0.4, 0.5) is 0 Å². The van der Waals surface area contributed by atoms with Crippen LogP contribution >= 0.6 is 12.4 Å². The molecule has 1 aliphatic carbocycles. The molecule has 5 rings (SSSR count). The molecule has 1 fully saturated rings. The first-order valence-electron chi connectivity index (χ1n) is 8.75. The van der Waals surface area contributed by atoms with Crippen molar-refractivity contribution in [2.75, 3.05) is 0 Å². The van der Waals surface area contributed by atoms with Gasteiger partial charge in [0.15, 0.2) is 0 Å². The summed E-state index contributed by atoms with van der Waals surface area (Å²) in [6, 6.07) is 20.3. The van der Waals surface area contributed by atoms with Crippen molar-refractivity contribution in [3.63, 3.8) is 0 Å². The molecule has 0 aromatic heterocycles. The number of halogens is 1. The quantitative estimate of drug-likeness (QED) is 0.434. The number of hydrogen-bond acceptors (Lipinski definition) is 1. The highest BCUT2D eigenvalue weighted by molar-refractivity contribution is 6.23. The van der Waals surface area contributed by atoms with E-state index < -0.39 is 0 Å². The summed E-state index contributed by atoms with van der Waals surface area (Å²) in [5.41, 5.74) is 8.03. The van der Waals surface area contributed by atoms with Crippen LogP contribution < -0.4 is 5.73 Å². The van der Waals surface area contributed by atoms with Crippen molar-refractivity contribution in [3.8, 4) is 0 Å². The summed E-state index contributed by atoms with van der Waals surface area (Å²) < 4.78 is 0. The molecule has 0 spiro atoms. The van der Waals surface area contributed by atoms with Crippen LogP contribution in [0.2, 0.25) is 0 Å². The number of hydrogen-bond donors (Lipinski definition) is 1. The Balaban J connectivity index is 0.00000146. The van der Waals surface area contributed by atoms with Gasteiger partial charge >= 0.3 is 0 Å². The molecular formula is C22H22ClN. The van der Waals surface area contributed by atoms with Crippen LogP contribution in [0.5, 0.6) is 0 Å². The minimum Gasteiger partial charge on any atom is -0.324 e. The van der Waals surface area contributed by atoms with E-state index >= 15 is 0 Å². The molecule has 122 valence electrons. The third kappa shape index (κ3) is 2.19. The fraction of sp³-hybridized carbons (Fsp3) is 0.273. The van der Waals surface area contributed by atoms with E-state index in [1.54, 1.807) is 0 Å². The standard InChI is InChI=1S/C22H21N.ClH/c23-22(17-4-1-2-5-17)19-13-11-16-9-8-14-6-3-7-15-10-12-18(19)21(16)20(14)15;/h3,6-13,17,22H,1-2,4-5,23H2;1H/t22-;/m1./s1. The zero-order valence-corrected chi connectivity index (χ0v) is 14.5. The Kier molecular flexibility index (Phi) is 3.86. The minimum atomic E-state index is 0. The summed E-state index contributed by atoms with van der Waals surface area (Å²) in [6.45, 7) is 0. The number of nitrogens with two attached hydrogens (primary N) is 1. The average Bonchev–Trinajstić information content (AvgIpc) is 3.13. The Labute approximate surface area is 148 Å². The lowest BCUT2D eigenvalue weighted by Gasteiger charge is -2.22. The van der Waals surface area contributed by atoms with E-state index in [2.05, 4.69) is 54.6 Å². The Morgan fingerprint density at radius 2 is 1.33 bits per heavy atom. The van der Waals surface area contributed by atoms with Gasteiger partial charge in [0.25, 0.3) is 0 Å². The topological polar surface area (TPSA) is 26.0 Å². The Bertz CT molecular complexity index is 985. The van der Waals surface area contributed by atoms with Crippen molar-refractivity contribution < 1.29 is 0 Å². The van der Waals surface area contributed by atoms with Crippen molar-refractivity contribution in [2.24, 2.45) is 11.7 Å². The number of benzene rings is 4. The van der Waals surface area contributed by atoms with E-state index in [1.165, 1.54) is 63.6 Å². The maximum absolute atomic E-state index is 6.70. The lowest BCUT2D eigenvalue weighted by Crippen LogP contribution is -2.19. The second-order valence-corrected chi connectivity index (χ2v) is 7.08. The average molecular weight is 336 g/mol. The van der Waals surface area contributed by atoms with Gasteiger partial charge in [-0.2, -0.15) is 0 Å². The summed E-state index contributed by atoms with van der Waals surface area (Å²) in [6.07, 6.45) is 5.24. The van der Waals surface area contributed by atoms with Gasteiger partial charge in [-0.05, 0) is 56.6 Å². The highest BCUT2D eigenvalue weighted by Gasteiger charge is 2.25. The van der Waals surface area contributed by atoms with Crippen LogP contribution in [0, 0.1) is 5.92 Å². The molecule has 24 heavy (non-hydrogen) atoms. The SMILES string of the molecule is Cl.N[C@@H](c1ccc2ccc3cccc4ccc1c2c34)C1CCCC1. The lowest BCUT2D eigenvalue weighted by molar-refractivity contribution is 0.447. The van der Waals surface area contributed by atoms with Crippen LogP contribution in [0.3, 0.4) is 0 Å². The van der Waals surface area contributed by atoms with E-state index in [-0.39, 0.29) is 18.4 Å². The van der Waals surface area contributed by atoms with Gasteiger partial charge in [-0.3, -0.25) is 0 Å². The number of rotatable bonds is 2. The van der Waals surface area contributed by atoms with Crippen LogP contribution in [0.25, 0.3) is 32.3 Å². The molecule has 1 nitrogen and oxygen atoms in total. The summed E-state index contributed by atoms with van der Waals surface area (Å²) in [4.78, 5) is 0. The smallest absolute Gasteiger partial charge is 0.0329 e. The van der Waals surface area contributed by atoms with Gasteiger partial charge in [0.2, 0.25) is 0 Å². The van der Waals surface area contributed by atoms with Gasteiger partial charge in [0.1, 0.15) is 0 Å². The van der Waals surface area contributed by atoms with Crippen LogP contribution in [-0.2, 0) is 0 Å². The Hall–Kier alpha value is -1.83. The van der Waals surface area contributed by atoms with Gasteiger partial charge < -0.3 is 5.73 Å². The Morgan fingerprint density at radius 1 is 0.750 bits per heavy atom. The fourth-order valence-corrected chi connectivity index (χ4v) is 4.62. The molecular weight excluding hydrogens is 314 g/mol. The van der Waals surface area contributed by atoms with Crippen molar-refractivity contribution in [1.29, 1.82) is 0 Å². The molecule has 2 heteroatoms. The van der Waals surface area contributed by atoms with Gasteiger partial charge in [-0.1, -0.05) is 67.4 Å². The second kappa shape index (κ2) is 5.91.